The number of hydrogen-bond acceptors (Lipinski definition) is 2. The fourth-order valence-electron chi connectivity index (χ4n) is 1.40. The lowest BCUT2D eigenvalue weighted by Gasteiger charge is -2.16. The normalized spacial score (nSPS) is 12.4. The smallest absolute Gasteiger partial charge is 0.244 e. The Labute approximate surface area is 86.3 Å². The summed E-state index contributed by atoms with van der Waals surface area (Å²) in [6.07, 6.45) is 4.37. The molecule has 14 heavy (non-hydrogen) atoms. The van der Waals surface area contributed by atoms with E-state index < -0.39 is 5.91 Å². The van der Waals surface area contributed by atoms with E-state index in [2.05, 4.69) is 13.5 Å². The zero-order valence-electron chi connectivity index (χ0n) is 9.21. The monoisotopic (exact) mass is 199 g/mol. The third-order valence-electron chi connectivity index (χ3n) is 2.33. The predicted octanol–water partition coefficient (Wildman–Crippen LogP) is 1.87. The molecule has 0 radical (unpaired) electrons. The van der Waals surface area contributed by atoms with Gasteiger partial charge in [-0.2, -0.15) is 0 Å². The molecule has 0 aromatic rings. The molecule has 0 unspecified atom stereocenters. The summed E-state index contributed by atoms with van der Waals surface area (Å²) in [7, 11) is 1.63. The maximum atomic E-state index is 10.9. The van der Waals surface area contributed by atoms with Gasteiger partial charge >= 0.3 is 0 Å². The number of ether oxygens (including phenoxy) is 1. The van der Waals surface area contributed by atoms with Gasteiger partial charge in [0.15, 0.2) is 0 Å². The summed E-state index contributed by atoms with van der Waals surface area (Å²) in [5.74, 6) is -0.326. The minimum Gasteiger partial charge on any atom is -0.384 e. The largest absolute Gasteiger partial charge is 0.384 e. The molecular formula is C11H21NO2. The molecule has 0 spiro atoms. The number of nitrogens with two attached hydrogens (primary N) is 1. The molecule has 0 aliphatic heterocycles. The van der Waals surface area contributed by atoms with Gasteiger partial charge in [0.25, 0.3) is 0 Å². The lowest BCUT2D eigenvalue weighted by Crippen LogP contribution is -2.22. The quantitative estimate of drug-likeness (QED) is 0.479. The SMILES string of the molecule is C=C(C(N)=O)[C@@H](CCCCC)COC. The van der Waals surface area contributed by atoms with Crippen LogP contribution in [0.3, 0.4) is 0 Å². The van der Waals surface area contributed by atoms with Crippen LogP contribution in [0.2, 0.25) is 0 Å². The van der Waals surface area contributed by atoms with Crippen LogP contribution in [0, 0.1) is 5.92 Å². The minimum atomic E-state index is -0.413. The first-order valence-corrected chi connectivity index (χ1v) is 5.11. The highest BCUT2D eigenvalue weighted by Crippen LogP contribution is 2.17. The first-order chi connectivity index (χ1) is 6.63. The average Bonchev–Trinajstić information content (AvgIpc) is 2.15. The van der Waals surface area contributed by atoms with Crippen molar-refractivity contribution in [1.82, 2.24) is 0 Å². The van der Waals surface area contributed by atoms with E-state index in [-0.39, 0.29) is 5.92 Å². The number of carbonyl (C=O) groups excluding carboxylic acids is 1. The van der Waals surface area contributed by atoms with Crippen LogP contribution in [-0.2, 0) is 9.53 Å². The van der Waals surface area contributed by atoms with E-state index in [9.17, 15) is 4.79 Å². The Balaban J connectivity index is 4.00. The van der Waals surface area contributed by atoms with E-state index in [1.54, 1.807) is 7.11 Å². The third kappa shape index (κ3) is 5.02. The van der Waals surface area contributed by atoms with Crippen molar-refractivity contribution < 1.29 is 9.53 Å². The second kappa shape index (κ2) is 7.56. The second-order valence-electron chi connectivity index (χ2n) is 3.54. The molecule has 0 aliphatic rings. The van der Waals surface area contributed by atoms with E-state index in [0.29, 0.717) is 12.2 Å². The van der Waals surface area contributed by atoms with Crippen molar-refractivity contribution in [2.24, 2.45) is 11.7 Å². The van der Waals surface area contributed by atoms with E-state index in [4.69, 9.17) is 10.5 Å². The van der Waals surface area contributed by atoms with Gasteiger partial charge in [-0.15, -0.1) is 0 Å². The summed E-state index contributed by atoms with van der Waals surface area (Å²) in [5.41, 5.74) is 5.67. The lowest BCUT2D eigenvalue weighted by atomic mass is 9.94. The van der Waals surface area contributed by atoms with Gasteiger partial charge in [0.1, 0.15) is 0 Å². The summed E-state index contributed by atoms with van der Waals surface area (Å²) in [6.45, 7) is 6.38. The Bertz CT molecular complexity index is 190. The number of carbonyl (C=O) groups is 1. The van der Waals surface area contributed by atoms with Gasteiger partial charge in [-0.25, -0.2) is 0 Å². The third-order valence-corrected chi connectivity index (χ3v) is 2.33. The zero-order chi connectivity index (χ0) is 11.0. The Kier molecular flexibility index (Phi) is 7.11. The summed E-state index contributed by atoms with van der Waals surface area (Å²) in [6, 6.07) is 0. The van der Waals surface area contributed by atoms with Gasteiger partial charge in [0, 0.05) is 18.6 Å². The molecule has 3 heteroatoms. The molecule has 1 amide bonds. The number of rotatable bonds is 8. The van der Waals surface area contributed by atoms with E-state index in [1.807, 2.05) is 0 Å². The summed E-state index contributed by atoms with van der Waals surface area (Å²) in [4.78, 5) is 10.9. The number of methoxy groups -OCH3 is 1. The molecule has 0 aromatic heterocycles. The highest BCUT2D eigenvalue weighted by molar-refractivity contribution is 5.91. The molecule has 0 saturated carbocycles. The van der Waals surface area contributed by atoms with Crippen LogP contribution in [0.25, 0.3) is 0 Å². The number of primary amides is 1. The first-order valence-electron chi connectivity index (χ1n) is 5.11. The van der Waals surface area contributed by atoms with Crippen LogP contribution in [0.1, 0.15) is 32.6 Å². The van der Waals surface area contributed by atoms with Gasteiger partial charge in [-0.05, 0) is 6.42 Å². The van der Waals surface area contributed by atoms with Crippen molar-refractivity contribution in [2.45, 2.75) is 32.6 Å². The Morgan fingerprint density at radius 1 is 1.50 bits per heavy atom. The molecule has 3 nitrogen and oxygen atoms in total. The second-order valence-corrected chi connectivity index (χ2v) is 3.54. The molecule has 0 saturated heterocycles. The average molecular weight is 199 g/mol. The fourth-order valence-corrected chi connectivity index (χ4v) is 1.40. The van der Waals surface area contributed by atoms with Crippen molar-refractivity contribution in [3.8, 4) is 0 Å². The summed E-state index contributed by atoms with van der Waals surface area (Å²) < 4.78 is 5.04. The van der Waals surface area contributed by atoms with Crippen molar-refractivity contribution in [3.05, 3.63) is 12.2 Å². The van der Waals surface area contributed by atoms with E-state index in [1.165, 1.54) is 12.8 Å². The molecule has 0 heterocycles. The molecule has 1 atom stereocenters. The Morgan fingerprint density at radius 3 is 2.57 bits per heavy atom. The van der Waals surface area contributed by atoms with Crippen molar-refractivity contribution >= 4 is 5.91 Å². The van der Waals surface area contributed by atoms with Gasteiger partial charge in [-0.3, -0.25) is 4.79 Å². The van der Waals surface area contributed by atoms with Crippen LogP contribution in [0.5, 0.6) is 0 Å². The fraction of sp³-hybridized carbons (Fsp3) is 0.727. The zero-order valence-corrected chi connectivity index (χ0v) is 9.21. The van der Waals surface area contributed by atoms with Crippen LogP contribution in [-0.4, -0.2) is 19.6 Å². The van der Waals surface area contributed by atoms with Crippen molar-refractivity contribution in [2.75, 3.05) is 13.7 Å². The maximum absolute atomic E-state index is 10.9. The topological polar surface area (TPSA) is 52.3 Å². The maximum Gasteiger partial charge on any atom is 0.244 e. The highest BCUT2D eigenvalue weighted by atomic mass is 16.5. The van der Waals surface area contributed by atoms with Crippen molar-refractivity contribution in [3.63, 3.8) is 0 Å². The van der Waals surface area contributed by atoms with Crippen LogP contribution >= 0.6 is 0 Å². The number of unbranched alkanes of at least 4 members (excludes halogenated alkanes) is 2. The standard InChI is InChI=1S/C11H21NO2/c1-4-5-6-7-10(8-14-3)9(2)11(12)13/h10H,2,4-8H2,1,3H3,(H2,12,13)/t10-/m0/s1. The Morgan fingerprint density at radius 2 is 2.14 bits per heavy atom. The molecule has 0 rings (SSSR count). The lowest BCUT2D eigenvalue weighted by molar-refractivity contribution is -0.115. The minimum absolute atomic E-state index is 0.0871. The molecule has 0 fully saturated rings. The number of amides is 1. The van der Waals surface area contributed by atoms with E-state index >= 15 is 0 Å². The van der Waals surface area contributed by atoms with Crippen LogP contribution in [0.15, 0.2) is 12.2 Å². The van der Waals surface area contributed by atoms with Gasteiger partial charge < -0.3 is 10.5 Å². The highest BCUT2D eigenvalue weighted by Gasteiger charge is 2.16. The van der Waals surface area contributed by atoms with Gasteiger partial charge in [0.05, 0.1) is 6.61 Å². The molecular weight excluding hydrogens is 178 g/mol. The van der Waals surface area contributed by atoms with Crippen LogP contribution in [0.4, 0.5) is 0 Å². The summed E-state index contributed by atoms with van der Waals surface area (Å²) >= 11 is 0. The predicted molar refractivity (Wildman–Crippen MR) is 57.8 cm³/mol. The van der Waals surface area contributed by atoms with Crippen LogP contribution < -0.4 is 5.73 Å². The molecule has 82 valence electrons. The molecule has 2 N–H and O–H groups in total. The molecule has 0 bridgehead atoms. The van der Waals surface area contributed by atoms with E-state index in [0.717, 1.165) is 12.8 Å². The molecule has 0 aliphatic carbocycles. The molecule has 0 aromatic carbocycles. The number of hydrogen-bond donors (Lipinski definition) is 1. The van der Waals surface area contributed by atoms with Gasteiger partial charge in [-0.1, -0.05) is 32.8 Å². The first kappa shape index (κ1) is 13.2. The van der Waals surface area contributed by atoms with Crippen molar-refractivity contribution in [1.29, 1.82) is 0 Å². The Hall–Kier alpha value is -0.830. The summed E-state index contributed by atoms with van der Waals surface area (Å²) in [5, 5.41) is 0. The van der Waals surface area contributed by atoms with Gasteiger partial charge in [0.2, 0.25) is 5.91 Å².